The first-order chi connectivity index (χ1) is 6.20. The van der Waals surface area contributed by atoms with Gasteiger partial charge in [-0.05, 0) is 35.3 Å². The smallest absolute Gasteiger partial charge is 0.0130 e. The van der Waals surface area contributed by atoms with Gasteiger partial charge in [0.15, 0.2) is 0 Å². The molecule has 0 nitrogen and oxygen atoms in total. The molecular weight excluding hydrogens is 156 g/mol. The first-order valence-corrected chi connectivity index (χ1v) is 5.29. The summed E-state index contributed by atoms with van der Waals surface area (Å²) in [5.74, 6) is 2.35. The lowest BCUT2D eigenvalue weighted by Crippen LogP contribution is -2.01. The van der Waals surface area contributed by atoms with E-state index in [4.69, 9.17) is 0 Å². The first-order valence-electron chi connectivity index (χ1n) is 5.29. The quantitative estimate of drug-likeness (QED) is 0.605. The van der Waals surface area contributed by atoms with Gasteiger partial charge in [-0.2, -0.15) is 0 Å². The van der Waals surface area contributed by atoms with Crippen LogP contribution in [0.15, 0.2) is 24.3 Å². The molecule has 13 heavy (non-hydrogen) atoms. The Kier molecular flexibility index (Phi) is 2.15. The maximum Gasteiger partial charge on any atom is -0.0130 e. The molecule has 1 aliphatic rings. The number of hydrogen-bond donors (Lipinski definition) is 0. The molecule has 0 amide bonds. The number of rotatable bonds is 1. The van der Waals surface area contributed by atoms with Crippen molar-refractivity contribution in [2.45, 2.75) is 39.0 Å². The number of hydrogen-bond acceptors (Lipinski definition) is 0. The lowest BCUT2D eigenvalue weighted by Gasteiger charge is -2.15. The lowest BCUT2D eigenvalue weighted by molar-refractivity contribution is 0.475. The Morgan fingerprint density at radius 3 is 2.38 bits per heavy atom. The van der Waals surface area contributed by atoms with Gasteiger partial charge in [0.25, 0.3) is 0 Å². The highest BCUT2D eigenvalue weighted by Crippen LogP contribution is 2.44. The van der Waals surface area contributed by atoms with E-state index in [2.05, 4.69) is 45.0 Å². The van der Waals surface area contributed by atoms with Crippen molar-refractivity contribution in [2.75, 3.05) is 0 Å². The molecule has 2 unspecified atom stereocenters. The number of fused-ring (bicyclic) bond motifs is 1. The highest BCUT2D eigenvalue weighted by Gasteiger charge is 2.29. The summed E-state index contributed by atoms with van der Waals surface area (Å²) >= 11 is 0. The molecule has 0 radical (unpaired) electrons. The molecule has 0 N–H and O–H groups in total. The van der Waals surface area contributed by atoms with Crippen molar-refractivity contribution in [3.8, 4) is 0 Å². The van der Waals surface area contributed by atoms with Crippen LogP contribution in [0.25, 0.3) is 0 Å². The fourth-order valence-electron chi connectivity index (χ4n) is 2.56. The van der Waals surface area contributed by atoms with E-state index in [1.165, 1.54) is 6.42 Å². The largest absolute Gasteiger partial charge is 0.0622 e. The summed E-state index contributed by atoms with van der Waals surface area (Å²) in [6, 6.07) is 8.94. The van der Waals surface area contributed by atoms with Crippen LogP contribution in [0.5, 0.6) is 0 Å². The predicted molar refractivity (Wildman–Crippen MR) is 57.1 cm³/mol. The van der Waals surface area contributed by atoms with E-state index in [9.17, 15) is 0 Å². The molecule has 0 fully saturated rings. The molecule has 0 aliphatic heterocycles. The van der Waals surface area contributed by atoms with Gasteiger partial charge in [-0.1, -0.05) is 45.0 Å². The van der Waals surface area contributed by atoms with Crippen molar-refractivity contribution in [1.29, 1.82) is 0 Å². The van der Waals surface area contributed by atoms with Crippen LogP contribution >= 0.6 is 0 Å². The number of benzene rings is 1. The molecule has 0 heterocycles. The Hall–Kier alpha value is -0.780. The highest BCUT2D eigenvalue weighted by atomic mass is 14.3. The monoisotopic (exact) mass is 174 g/mol. The summed E-state index contributed by atoms with van der Waals surface area (Å²) in [4.78, 5) is 0. The van der Waals surface area contributed by atoms with Crippen LogP contribution in [-0.2, 0) is 0 Å². The van der Waals surface area contributed by atoms with E-state index in [-0.39, 0.29) is 0 Å². The average Bonchev–Trinajstić information content (AvgIpc) is 2.45. The summed E-state index contributed by atoms with van der Waals surface area (Å²) in [5, 5.41) is 0. The van der Waals surface area contributed by atoms with Gasteiger partial charge in [0.05, 0.1) is 0 Å². The Labute approximate surface area is 81.0 Å². The highest BCUT2D eigenvalue weighted by molar-refractivity contribution is 5.38. The van der Waals surface area contributed by atoms with Gasteiger partial charge in [0, 0.05) is 0 Å². The molecule has 0 spiro atoms. The molecule has 0 saturated carbocycles. The van der Waals surface area contributed by atoms with Crippen molar-refractivity contribution in [2.24, 2.45) is 5.92 Å². The fourth-order valence-corrected chi connectivity index (χ4v) is 2.56. The van der Waals surface area contributed by atoms with Crippen molar-refractivity contribution in [1.82, 2.24) is 0 Å². The van der Waals surface area contributed by atoms with Gasteiger partial charge >= 0.3 is 0 Å². The summed E-state index contributed by atoms with van der Waals surface area (Å²) in [6.45, 7) is 7.01. The SMILES string of the molecule is CC1CC(C(C)C)c2ccccc21. The van der Waals surface area contributed by atoms with E-state index < -0.39 is 0 Å². The fraction of sp³-hybridized carbons (Fsp3) is 0.538. The molecule has 1 aromatic carbocycles. The molecule has 2 rings (SSSR count). The molecule has 2 atom stereocenters. The summed E-state index contributed by atoms with van der Waals surface area (Å²) in [6.07, 6.45) is 1.34. The minimum absolute atomic E-state index is 0.767. The van der Waals surface area contributed by atoms with Gasteiger partial charge in [-0.25, -0.2) is 0 Å². The average molecular weight is 174 g/mol. The summed E-state index contributed by atoms with van der Waals surface area (Å²) in [5.41, 5.74) is 3.19. The van der Waals surface area contributed by atoms with E-state index in [1.54, 1.807) is 11.1 Å². The van der Waals surface area contributed by atoms with Crippen molar-refractivity contribution < 1.29 is 0 Å². The zero-order valence-electron chi connectivity index (χ0n) is 8.75. The van der Waals surface area contributed by atoms with E-state index in [0.29, 0.717) is 0 Å². The van der Waals surface area contributed by atoms with Crippen LogP contribution in [0.2, 0.25) is 0 Å². The zero-order chi connectivity index (χ0) is 9.42. The van der Waals surface area contributed by atoms with Gasteiger partial charge in [0.2, 0.25) is 0 Å². The van der Waals surface area contributed by atoms with Crippen LogP contribution in [0, 0.1) is 5.92 Å². The van der Waals surface area contributed by atoms with Crippen LogP contribution < -0.4 is 0 Å². The van der Waals surface area contributed by atoms with E-state index in [0.717, 1.165) is 17.8 Å². The van der Waals surface area contributed by atoms with Gasteiger partial charge in [0.1, 0.15) is 0 Å². The van der Waals surface area contributed by atoms with E-state index in [1.807, 2.05) is 0 Å². The standard InChI is InChI=1S/C13H18/c1-9(2)13-8-10(3)11-6-4-5-7-12(11)13/h4-7,9-10,13H,8H2,1-3H3. The Morgan fingerprint density at radius 2 is 1.77 bits per heavy atom. The third-order valence-corrected chi connectivity index (χ3v) is 3.34. The first kappa shape index (κ1) is 8.80. The lowest BCUT2D eigenvalue weighted by atomic mass is 9.90. The maximum atomic E-state index is 2.35. The second-order valence-electron chi connectivity index (χ2n) is 4.62. The second kappa shape index (κ2) is 3.17. The summed E-state index contributed by atoms with van der Waals surface area (Å²) in [7, 11) is 0. The van der Waals surface area contributed by atoms with Crippen LogP contribution in [0.3, 0.4) is 0 Å². The van der Waals surface area contributed by atoms with Crippen LogP contribution in [0.1, 0.15) is 50.2 Å². The third kappa shape index (κ3) is 1.39. The zero-order valence-corrected chi connectivity index (χ0v) is 8.75. The Balaban J connectivity index is 2.41. The van der Waals surface area contributed by atoms with Crippen LogP contribution in [-0.4, -0.2) is 0 Å². The van der Waals surface area contributed by atoms with Crippen molar-refractivity contribution in [3.05, 3.63) is 35.4 Å². The molecule has 70 valence electrons. The van der Waals surface area contributed by atoms with Crippen molar-refractivity contribution >= 4 is 0 Å². The van der Waals surface area contributed by atoms with Crippen LogP contribution in [0.4, 0.5) is 0 Å². The molecular formula is C13H18. The summed E-state index contributed by atoms with van der Waals surface area (Å²) < 4.78 is 0. The van der Waals surface area contributed by atoms with Gasteiger partial charge in [-0.15, -0.1) is 0 Å². The molecule has 0 bridgehead atoms. The topological polar surface area (TPSA) is 0 Å². The van der Waals surface area contributed by atoms with E-state index >= 15 is 0 Å². The normalized spacial score (nSPS) is 26.5. The second-order valence-corrected chi connectivity index (χ2v) is 4.62. The minimum Gasteiger partial charge on any atom is -0.0622 e. The maximum absolute atomic E-state index is 2.35. The van der Waals surface area contributed by atoms with Crippen molar-refractivity contribution in [3.63, 3.8) is 0 Å². The molecule has 0 heteroatoms. The molecule has 1 aliphatic carbocycles. The van der Waals surface area contributed by atoms with Gasteiger partial charge in [-0.3, -0.25) is 0 Å². The third-order valence-electron chi connectivity index (χ3n) is 3.34. The Bertz CT molecular complexity index is 299. The molecule has 0 saturated heterocycles. The predicted octanol–water partition coefficient (Wildman–Crippen LogP) is 3.93. The van der Waals surface area contributed by atoms with Gasteiger partial charge < -0.3 is 0 Å². The molecule has 0 aromatic heterocycles. The Morgan fingerprint density at radius 1 is 1.15 bits per heavy atom. The molecule has 1 aromatic rings. The minimum atomic E-state index is 0.767.